The highest BCUT2D eigenvalue weighted by Gasteiger charge is 2.32. The molecular weight excluding hydrogens is 371 g/mol. The predicted molar refractivity (Wildman–Crippen MR) is 91.0 cm³/mol. The van der Waals surface area contributed by atoms with Crippen LogP contribution in [0.5, 0.6) is 0 Å². The number of fused-ring (bicyclic) bond motifs is 2. The largest absolute Gasteiger partial charge is 0.417 e. The van der Waals surface area contributed by atoms with E-state index >= 15 is 0 Å². The van der Waals surface area contributed by atoms with Crippen molar-refractivity contribution in [1.29, 1.82) is 0 Å². The molecule has 4 rings (SSSR count). The molecule has 0 spiro atoms. The minimum atomic E-state index is -4.47. The van der Waals surface area contributed by atoms with E-state index in [2.05, 4.69) is 22.3 Å². The maximum absolute atomic E-state index is 13.1. The van der Waals surface area contributed by atoms with Crippen LogP contribution in [-0.2, 0) is 12.6 Å². The van der Waals surface area contributed by atoms with Crippen molar-refractivity contribution in [2.24, 2.45) is 0 Å². The molecule has 3 aromatic rings. The Labute approximate surface area is 151 Å². The van der Waals surface area contributed by atoms with Gasteiger partial charge in [0, 0.05) is 11.4 Å². The number of hydrogen-bond donors (Lipinski definition) is 0. The summed E-state index contributed by atoms with van der Waals surface area (Å²) in [5.41, 5.74) is 1.93. The van der Waals surface area contributed by atoms with Crippen LogP contribution in [0.15, 0.2) is 41.7 Å². The van der Waals surface area contributed by atoms with Crippen LogP contribution in [0.1, 0.15) is 34.8 Å². The molecule has 0 aliphatic heterocycles. The van der Waals surface area contributed by atoms with Crippen molar-refractivity contribution in [3.63, 3.8) is 0 Å². The van der Waals surface area contributed by atoms with E-state index in [1.165, 1.54) is 27.3 Å². The molecule has 0 amide bonds. The summed E-state index contributed by atoms with van der Waals surface area (Å²) in [5, 5.41) is 8.53. The van der Waals surface area contributed by atoms with Gasteiger partial charge in [0.1, 0.15) is 0 Å². The maximum Gasteiger partial charge on any atom is 0.417 e. The number of alkyl halides is 3. The smallest absolute Gasteiger partial charge is 0.276 e. The van der Waals surface area contributed by atoms with Gasteiger partial charge in [0.05, 0.1) is 10.6 Å². The lowest BCUT2D eigenvalue weighted by Crippen LogP contribution is -2.08. The minimum Gasteiger partial charge on any atom is -0.276 e. The Hall–Kier alpha value is -1.73. The molecule has 1 aliphatic carbocycles. The molecule has 0 unspecified atom stereocenters. The second kappa shape index (κ2) is 6.21. The third-order valence-electron chi connectivity index (χ3n) is 4.32. The molecule has 3 nitrogen and oxygen atoms in total. The molecule has 1 atom stereocenters. The fourth-order valence-corrected chi connectivity index (χ4v) is 4.61. The van der Waals surface area contributed by atoms with E-state index in [0.29, 0.717) is 5.16 Å². The van der Waals surface area contributed by atoms with Crippen LogP contribution in [0.2, 0.25) is 5.02 Å². The third-order valence-corrected chi connectivity index (χ3v) is 5.86. The van der Waals surface area contributed by atoms with Gasteiger partial charge >= 0.3 is 6.18 Å². The van der Waals surface area contributed by atoms with Crippen molar-refractivity contribution in [3.8, 4) is 0 Å². The van der Waals surface area contributed by atoms with Crippen molar-refractivity contribution in [3.05, 3.63) is 58.2 Å². The lowest BCUT2D eigenvalue weighted by atomic mass is 9.91. The van der Waals surface area contributed by atoms with Crippen LogP contribution in [0, 0.1) is 0 Å². The average Bonchev–Trinajstić information content (AvgIpc) is 2.98. The summed E-state index contributed by atoms with van der Waals surface area (Å²) in [6.45, 7) is 0. The van der Waals surface area contributed by atoms with Gasteiger partial charge in [0.25, 0.3) is 0 Å². The summed E-state index contributed by atoms with van der Waals surface area (Å²) in [7, 11) is 0. The topological polar surface area (TPSA) is 30.2 Å². The molecule has 2 aromatic heterocycles. The molecule has 0 bridgehead atoms. The summed E-state index contributed by atoms with van der Waals surface area (Å²) in [6.07, 6.45) is -0.444. The number of pyridine rings is 1. The van der Waals surface area contributed by atoms with Gasteiger partial charge in [0.2, 0.25) is 0 Å². The number of aryl methyl sites for hydroxylation is 1. The molecule has 0 N–H and O–H groups in total. The van der Waals surface area contributed by atoms with Crippen LogP contribution in [0.3, 0.4) is 0 Å². The van der Waals surface area contributed by atoms with E-state index in [4.69, 9.17) is 11.6 Å². The molecule has 0 radical (unpaired) electrons. The Kier molecular flexibility index (Phi) is 4.16. The van der Waals surface area contributed by atoms with Gasteiger partial charge in [-0.1, -0.05) is 47.6 Å². The van der Waals surface area contributed by atoms with Gasteiger partial charge in [0.15, 0.2) is 10.8 Å². The summed E-state index contributed by atoms with van der Waals surface area (Å²) in [6, 6.07) is 9.05. The molecule has 25 heavy (non-hydrogen) atoms. The van der Waals surface area contributed by atoms with E-state index in [9.17, 15) is 13.2 Å². The first-order valence-corrected chi connectivity index (χ1v) is 9.05. The molecule has 8 heteroatoms. The zero-order chi connectivity index (χ0) is 17.6. The molecule has 0 fully saturated rings. The Morgan fingerprint density at radius 1 is 1.20 bits per heavy atom. The number of hydrogen-bond acceptors (Lipinski definition) is 3. The van der Waals surface area contributed by atoms with Crippen molar-refractivity contribution in [2.45, 2.75) is 35.8 Å². The zero-order valence-electron chi connectivity index (χ0n) is 12.9. The Morgan fingerprint density at radius 3 is 2.80 bits per heavy atom. The Morgan fingerprint density at radius 2 is 2.00 bits per heavy atom. The van der Waals surface area contributed by atoms with Crippen molar-refractivity contribution >= 4 is 29.0 Å². The van der Waals surface area contributed by atoms with Crippen molar-refractivity contribution in [1.82, 2.24) is 14.6 Å². The molecule has 1 aromatic carbocycles. The summed E-state index contributed by atoms with van der Waals surface area (Å²) in [5.74, 6) is 0. The van der Waals surface area contributed by atoms with Gasteiger partial charge in [-0.15, -0.1) is 10.2 Å². The number of thioether (sulfide) groups is 1. The first-order chi connectivity index (χ1) is 11.9. The number of halogens is 4. The van der Waals surface area contributed by atoms with Gasteiger partial charge in [-0.05, 0) is 36.5 Å². The first kappa shape index (κ1) is 16.7. The minimum absolute atomic E-state index is 0.0572. The molecule has 2 heterocycles. The monoisotopic (exact) mass is 383 g/mol. The van der Waals surface area contributed by atoms with E-state index in [-0.39, 0.29) is 15.9 Å². The van der Waals surface area contributed by atoms with Gasteiger partial charge in [-0.2, -0.15) is 13.2 Å². The van der Waals surface area contributed by atoms with E-state index in [0.717, 1.165) is 31.5 Å². The molecule has 130 valence electrons. The number of benzene rings is 1. The molecular formula is C17H13ClF3N3S. The van der Waals surface area contributed by atoms with Crippen LogP contribution >= 0.6 is 23.4 Å². The van der Waals surface area contributed by atoms with Crippen LogP contribution in [-0.4, -0.2) is 14.6 Å². The standard InChI is InChI=1S/C17H13ClF3N3S/c18-13-8-11(17(19,20)21)9-24-15(13)22-23-16(24)25-14-7-3-5-10-4-1-2-6-12(10)14/h1-2,4,6,8-9,14H,3,5,7H2/t14-/m1/s1. The van der Waals surface area contributed by atoms with Gasteiger partial charge < -0.3 is 0 Å². The highest BCUT2D eigenvalue weighted by Crippen LogP contribution is 2.43. The molecule has 1 aliphatic rings. The average molecular weight is 384 g/mol. The fraction of sp³-hybridized carbons (Fsp3) is 0.294. The fourth-order valence-electron chi connectivity index (χ4n) is 3.13. The van der Waals surface area contributed by atoms with Crippen LogP contribution in [0.4, 0.5) is 13.2 Å². The van der Waals surface area contributed by atoms with E-state index in [1.54, 1.807) is 0 Å². The number of aromatic nitrogens is 3. The lowest BCUT2D eigenvalue weighted by molar-refractivity contribution is -0.137. The highest BCUT2D eigenvalue weighted by molar-refractivity contribution is 7.99. The van der Waals surface area contributed by atoms with Gasteiger partial charge in [-0.25, -0.2) is 0 Å². The summed E-state index contributed by atoms with van der Waals surface area (Å²) < 4.78 is 40.5. The normalized spacial score (nSPS) is 17.7. The van der Waals surface area contributed by atoms with Gasteiger partial charge in [-0.3, -0.25) is 4.40 Å². The molecule has 0 saturated carbocycles. The first-order valence-electron chi connectivity index (χ1n) is 7.79. The molecule has 0 saturated heterocycles. The number of rotatable bonds is 2. The Balaban J connectivity index is 1.75. The lowest BCUT2D eigenvalue weighted by Gasteiger charge is -2.24. The van der Waals surface area contributed by atoms with Crippen molar-refractivity contribution < 1.29 is 13.2 Å². The van der Waals surface area contributed by atoms with E-state index < -0.39 is 11.7 Å². The zero-order valence-corrected chi connectivity index (χ0v) is 14.5. The summed E-state index contributed by atoms with van der Waals surface area (Å²) in [4.78, 5) is 0. The third kappa shape index (κ3) is 3.11. The quantitative estimate of drug-likeness (QED) is 0.579. The number of nitrogens with zero attached hydrogens (tertiary/aromatic N) is 3. The highest BCUT2D eigenvalue weighted by atomic mass is 35.5. The van der Waals surface area contributed by atoms with Crippen LogP contribution < -0.4 is 0 Å². The SMILES string of the molecule is FC(F)(F)c1cc(Cl)c2nnc(S[C@@H]3CCCc4ccccc43)n2c1. The summed E-state index contributed by atoms with van der Waals surface area (Å²) >= 11 is 7.41. The second-order valence-corrected chi connectivity index (χ2v) is 7.53. The van der Waals surface area contributed by atoms with Crippen LogP contribution in [0.25, 0.3) is 5.65 Å². The Bertz CT molecular complexity index is 939. The predicted octanol–water partition coefficient (Wildman–Crippen LogP) is 5.57. The second-order valence-electron chi connectivity index (χ2n) is 5.95. The maximum atomic E-state index is 13.1. The van der Waals surface area contributed by atoms with E-state index in [1.807, 2.05) is 12.1 Å². The van der Waals surface area contributed by atoms with Crippen molar-refractivity contribution in [2.75, 3.05) is 0 Å².